The molecule has 18 heavy (non-hydrogen) atoms. The molecule has 0 aromatic heterocycles. The summed E-state index contributed by atoms with van der Waals surface area (Å²) in [4.78, 5) is 22.1. The molecule has 6 heteroatoms. The third-order valence-corrected chi connectivity index (χ3v) is 2.35. The van der Waals surface area contributed by atoms with Gasteiger partial charge in [0, 0.05) is 19.8 Å². The number of amides is 2. The molecule has 106 valence electrons. The Balaban J connectivity index is 3.57. The molecule has 0 aliphatic carbocycles. The van der Waals surface area contributed by atoms with Gasteiger partial charge < -0.3 is 20.5 Å². The first-order valence-corrected chi connectivity index (χ1v) is 6.27. The third-order valence-electron chi connectivity index (χ3n) is 2.35. The Labute approximate surface area is 108 Å². The van der Waals surface area contributed by atoms with Crippen LogP contribution in [-0.4, -0.2) is 42.4 Å². The molecule has 0 fully saturated rings. The van der Waals surface area contributed by atoms with Crippen molar-refractivity contribution in [2.45, 2.75) is 45.6 Å². The maximum atomic E-state index is 11.4. The summed E-state index contributed by atoms with van der Waals surface area (Å²) in [5.41, 5.74) is -1.26. The molecule has 2 amide bonds. The van der Waals surface area contributed by atoms with Gasteiger partial charge in [0.2, 0.25) is 0 Å². The van der Waals surface area contributed by atoms with Crippen molar-refractivity contribution in [3.8, 4) is 0 Å². The molecule has 0 aliphatic rings. The number of carbonyl (C=O) groups is 2. The number of hydrogen-bond donors (Lipinski definition) is 3. The van der Waals surface area contributed by atoms with Crippen molar-refractivity contribution < 1.29 is 19.4 Å². The number of hydrogen-bond acceptors (Lipinski definition) is 3. The van der Waals surface area contributed by atoms with E-state index in [4.69, 9.17) is 9.84 Å². The Hall–Kier alpha value is -1.30. The minimum Gasteiger partial charge on any atom is -0.480 e. The highest BCUT2D eigenvalue weighted by Gasteiger charge is 2.28. The zero-order valence-electron chi connectivity index (χ0n) is 11.4. The van der Waals surface area contributed by atoms with Gasteiger partial charge >= 0.3 is 12.0 Å². The molecule has 0 rings (SSSR count). The summed E-state index contributed by atoms with van der Waals surface area (Å²) < 4.78 is 5.33. The van der Waals surface area contributed by atoms with E-state index in [-0.39, 0.29) is 0 Å². The van der Waals surface area contributed by atoms with Gasteiger partial charge in [0.25, 0.3) is 0 Å². The number of carboxylic acids is 1. The van der Waals surface area contributed by atoms with Crippen LogP contribution in [0.5, 0.6) is 0 Å². The average molecular weight is 260 g/mol. The second-order valence-corrected chi connectivity index (χ2v) is 4.63. The van der Waals surface area contributed by atoms with Crippen LogP contribution in [-0.2, 0) is 9.53 Å². The van der Waals surface area contributed by atoms with Crippen molar-refractivity contribution in [3.05, 3.63) is 0 Å². The summed E-state index contributed by atoms with van der Waals surface area (Å²) in [5.74, 6) is -1.07. The third kappa shape index (κ3) is 7.89. The zero-order valence-corrected chi connectivity index (χ0v) is 11.4. The Morgan fingerprint density at radius 2 is 1.83 bits per heavy atom. The minimum absolute atomic E-state index is 0.466. The van der Waals surface area contributed by atoms with Crippen LogP contribution >= 0.6 is 0 Å². The lowest BCUT2D eigenvalue weighted by molar-refractivity contribution is -0.142. The second-order valence-electron chi connectivity index (χ2n) is 4.63. The normalized spacial score (nSPS) is 11.1. The lowest BCUT2D eigenvalue weighted by Crippen LogP contribution is -2.53. The second kappa shape index (κ2) is 8.74. The van der Waals surface area contributed by atoms with Crippen LogP contribution in [0.15, 0.2) is 0 Å². The molecule has 0 aliphatic heterocycles. The van der Waals surface area contributed by atoms with Crippen LogP contribution in [0.1, 0.15) is 40.0 Å². The standard InChI is InChI=1S/C12H24N2O4/c1-4-5-8-18-9-6-7-13-11(17)14-12(2,3)10(15)16/h4-9H2,1-3H3,(H,15,16)(H2,13,14,17). The largest absolute Gasteiger partial charge is 0.480 e. The maximum Gasteiger partial charge on any atom is 0.328 e. The van der Waals surface area contributed by atoms with Gasteiger partial charge in [-0.15, -0.1) is 0 Å². The number of carboxylic acid groups (broad SMARTS) is 1. The Bertz CT molecular complexity index is 267. The number of unbranched alkanes of at least 4 members (excludes halogenated alkanes) is 1. The predicted molar refractivity (Wildman–Crippen MR) is 68.6 cm³/mol. The van der Waals surface area contributed by atoms with Gasteiger partial charge in [-0.05, 0) is 26.7 Å². The van der Waals surface area contributed by atoms with Gasteiger partial charge in [0.15, 0.2) is 0 Å². The molecular formula is C12H24N2O4. The van der Waals surface area contributed by atoms with E-state index in [1.807, 2.05) is 0 Å². The van der Waals surface area contributed by atoms with Gasteiger partial charge in [0.1, 0.15) is 5.54 Å². The van der Waals surface area contributed by atoms with Crippen LogP contribution in [0.4, 0.5) is 4.79 Å². The number of nitrogens with one attached hydrogen (secondary N) is 2. The molecule has 6 nitrogen and oxygen atoms in total. The SMILES string of the molecule is CCCCOCCCNC(=O)NC(C)(C)C(=O)O. The van der Waals surface area contributed by atoms with Gasteiger partial charge in [-0.2, -0.15) is 0 Å². The molecular weight excluding hydrogens is 236 g/mol. The molecule has 0 unspecified atom stereocenters. The molecule has 0 saturated heterocycles. The van der Waals surface area contributed by atoms with Gasteiger partial charge in [-0.25, -0.2) is 9.59 Å². The predicted octanol–water partition coefficient (Wildman–Crippen LogP) is 1.36. The smallest absolute Gasteiger partial charge is 0.328 e. The van der Waals surface area contributed by atoms with Crippen molar-refractivity contribution in [1.82, 2.24) is 10.6 Å². The van der Waals surface area contributed by atoms with E-state index in [0.717, 1.165) is 19.4 Å². The average Bonchev–Trinajstić information content (AvgIpc) is 2.27. The van der Waals surface area contributed by atoms with Crippen molar-refractivity contribution in [2.75, 3.05) is 19.8 Å². The number of ether oxygens (including phenoxy) is 1. The van der Waals surface area contributed by atoms with E-state index < -0.39 is 17.5 Å². The van der Waals surface area contributed by atoms with Crippen LogP contribution in [0, 0.1) is 0 Å². The maximum absolute atomic E-state index is 11.4. The fourth-order valence-electron chi connectivity index (χ4n) is 1.11. The minimum atomic E-state index is -1.26. The molecule has 0 atom stereocenters. The van der Waals surface area contributed by atoms with Crippen LogP contribution in [0.25, 0.3) is 0 Å². The van der Waals surface area contributed by atoms with Crippen LogP contribution in [0.3, 0.4) is 0 Å². The molecule has 0 bridgehead atoms. The molecule has 0 radical (unpaired) electrons. The van der Waals surface area contributed by atoms with E-state index in [0.29, 0.717) is 19.6 Å². The summed E-state index contributed by atoms with van der Waals surface area (Å²) in [6.45, 7) is 6.77. The van der Waals surface area contributed by atoms with Crippen molar-refractivity contribution in [3.63, 3.8) is 0 Å². The first-order chi connectivity index (χ1) is 8.40. The lowest BCUT2D eigenvalue weighted by Gasteiger charge is -2.21. The fraction of sp³-hybridized carbons (Fsp3) is 0.833. The Kier molecular flexibility index (Phi) is 8.11. The van der Waals surface area contributed by atoms with Crippen molar-refractivity contribution in [1.29, 1.82) is 0 Å². The van der Waals surface area contributed by atoms with Gasteiger partial charge in [-0.1, -0.05) is 13.3 Å². The number of aliphatic carboxylic acids is 1. The van der Waals surface area contributed by atoms with E-state index in [1.165, 1.54) is 13.8 Å². The molecule has 3 N–H and O–H groups in total. The quantitative estimate of drug-likeness (QED) is 0.546. The van der Waals surface area contributed by atoms with Crippen LogP contribution < -0.4 is 10.6 Å². The molecule has 0 spiro atoms. The van der Waals surface area contributed by atoms with E-state index in [1.54, 1.807) is 0 Å². The fourth-order valence-corrected chi connectivity index (χ4v) is 1.11. The first-order valence-electron chi connectivity index (χ1n) is 6.27. The topological polar surface area (TPSA) is 87.7 Å². The highest BCUT2D eigenvalue weighted by Crippen LogP contribution is 2.00. The zero-order chi connectivity index (χ0) is 14.0. The summed E-state index contributed by atoms with van der Waals surface area (Å²) in [6.07, 6.45) is 2.86. The van der Waals surface area contributed by atoms with E-state index in [9.17, 15) is 9.59 Å². The molecule has 0 aromatic carbocycles. The van der Waals surface area contributed by atoms with Crippen molar-refractivity contribution >= 4 is 12.0 Å². The number of carbonyl (C=O) groups excluding carboxylic acids is 1. The van der Waals surface area contributed by atoms with Gasteiger partial charge in [-0.3, -0.25) is 0 Å². The molecule has 0 heterocycles. The summed E-state index contributed by atoms with van der Waals surface area (Å²) in [5, 5.41) is 13.8. The molecule has 0 saturated carbocycles. The Morgan fingerprint density at radius 1 is 1.22 bits per heavy atom. The van der Waals surface area contributed by atoms with E-state index >= 15 is 0 Å². The summed E-state index contributed by atoms with van der Waals surface area (Å²) >= 11 is 0. The van der Waals surface area contributed by atoms with Crippen molar-refractivity contribution in [2.24, 2.45) is 0 Å². The summed E-state index contributed by atoms with van der Waals surface area (Å²) in [7, 11) is 0. The lowest BCUT2D eigenvalue weighted by atomic mass is 10.1. The summed E-state index contributed by atoms with van der Waals surface area (Å²) in [6, 6.07) is -0.476. The van der Waals surface area contributed by atoms with Crippen LogP contribution in [0.2, 0.25) is 0 Å². The number of rotatable bonds is 9. The van der Waals surface area contributed by atoms with E-state index in [2.05, 4.69) is 17.6 Å². The van der Waals surface area contributed by atoms with Gasteiger partial charge in [0.05, 0.1) is 0 Å². The highest BCUT2D eigenvalue weighted by atomic mass is 16.5. The monoisotopic (exact) mass is 260 g/mol. The first kappa shape index (κ1) is 16.7. The Morgan fingerprint density at radius 3 is 2.39 bits per heavy atom. The highest BCUT2D eigenvalue weighted by molar-refractivity contribution is 5.85. The number of urea groups is 1. The molecule has 0 aromatic rings.